The topological polar surface area (TPSA) is 59.4 Å². The number of aromatic nitrogens is 2. The van der Waals surface area contributed by atoms with E-state index in [0.717, 1.165) is 31.0 Å². The number of rotatable bonds is 6. The van der Waals surface area contributed by atoms with Crippen molar-refractivity contribution >= 4 is 17.2 Å². The number of ether oxygens (including phenoxy) is 1. The summed E-state index contributed by atoms with van der Waals surface area (Å²) in [6.07, 6.45) is 0.0712. The van der Waals surface area contributed by atoms with Crippen molar-refractivity contribution in [1.29, 1.82) is 0 Å². The third kappa shape index (κ3) is 4.66. The fourth-order valence-electron chi connectivity index (χ4n) is 2.95. The summed E-state index contributed by atoms with van der Waals surface area (Å²) in [6, 6.07) is 6.10. The van der Waals surface area contributed by atoms with Gasteiger partial charge in [0.2, 0.25) is 5.91 Å². The first-order valence-corrected chi connectivity index (χ1v) is 9.12. The fourth-order valence-corrected chi connectivity index (χ4v) is 3.59. The van der Waals surface area contributed by atoms with Crippen LogP contribution in [0.1, 0.15) is 16.3 Å². The number of carbonyl (C=O) groups is 1. The van der Waals surface area contributed by atoms with Crippen LogP contribution in [0.4, 0.5) is 0 Å². The molecule has 0 spiro atoms. The molecule has 0 aromatic carbocycles. The van der Waals surface area contributed by atoms with Gasteiger partial charge in [-0.1, -0.05) is 6.07 Å². The maximum absolute atomic E-state index is 12.1. The molecule has 0 radical (unpaired) electrons. The van der Waals surface area contributed by atoms with E-state index >= 15 is 0 Å². The van der Waals surface area contributed by atoms with E-state index in [4.69, 9.17) is 4.74 Å². The van der Waals surface area contributed by atoms with Gasteiger partial charge in [-0.2, -0.15) is 5.10 Å². The van der Waals surface area contributed by atoms with E-state index in [2.05, 4.69) is 28.3 Å². The largest absolute Gasteiger partial charge is 0.374 e. The molecule has 1 saturated heterocycles. The lowest BCUT2D eigenvalue weighted by Gasteiger charge is -2.32. The third-order valence-corrected chi connectivity index (χ3v) is 4.99. The van der Waals surface area contributed by atoms with Gasteiger partial charge in [-0.15, -0.1) is 11.3 Å². The Morgan fingerprint density at radius 1 is 1.50 bits per heavy atom. The predicted octanol–water partition coefficient (Wildman–Crippen LogP) is 1.58. The summed E-state index contributed by atoms with van der Waals surface area (Å²) in [5, 5.41) is 9.49. The van der Waals surface area contributed by atoms with E-state index in [9.17, 15) is 4.79 Å². The highest BCUT2D eigenvalue weighted by Gasteiger charge is 2.23. The SMILES string of the molecule is Cc1cc(C)n(C[C@@H]2CN(CC(=O)NCc3cccs3)CCO2)n1. The highest BCUT2D eigenvalue weighted by atomic mass is 32.1. The molecule has 3 heterocycles. The minimum atomic E-state index is 0.0650. The van der Waals surface area contributed by atoms with Gasteiger partial charge in [0.15, 0.2) is 0 Å². The highest BCUT2D eigenvalue weighted by Crippen LogP contribution is 2.10. The van der Waals surface area contributed by atoms with Crippen LogP contribution in [0.2, 0.25) is 0 Å². The first kappa shape index (κ1) is 17.1. The molecule has 1 amide bonds. The summed E-state index contributed by atoms with van der Waals surface area (Å²) in [5.74, 6) is 0.0650. The van der Waals surface area contributed by atoms with Gasteiger partial charge in [0.05, 0.1) is 38.0 Å². The average molecular weight is 348 g/mol. The number of thiophene rings is 1. The second kappa shape index (κ2) is 7.92. The maximum atomic E-state index is 12.1. The maximum Gasteiger partial charge on any atom is 0.234 e. The Labute approximate surface area is 146 Å². The van der Waals surface area contributed by atoms with Gasteiger partial charge < -0.3 is 10.1 Å². The molecule has 6 nitrogen and oxygen atoms in total. The normalized spacial score (nSPS) is 18.7. The van der Waals surface area contributed by atoms with E-state index in [0.29, 0.717) is 19.7 Å². The van der Waals surface area contributed by atoms with Crippen molar-refractivity contribution in [3.8, 4) is 0 Å². The number of nitrogens with one attached hydrogen (secondary N) is 1. The first-order chi connectivity index (χ1) is 11.6. The van der Waals surface area contributed by atoms with Crippen LogP contribution in [-0.4, -0.2) is 52.9 Å². The molecule has 0 saturated carbocycles. The first-order valence-electron chi connectivity index (χ1n) is 8.24. The number of hydrogen-bond donors (Lipinski definition) is 1. The van der Waals surface area contributed by atoms with Crippen LogP contribution in [0, 0.1) is 13.8 Å². The van der Waals surface area contributed by atoms with Crippen molar-refractivity contribution in [2.45, 2.75) is 33.0 Å². The highest BCUT2D eigenvalue weighted by molar-refractivity contribution is 7.09. The minimum absolute atomic E-state index is 0.0650. The Hall–Kier alpha value is -1.70. The molecule has 24 heavy (non-hydrogen) atoms. The lowest BCUT2D eigenvalue weighted by Crippen LogP contribution is -2.48. The lowest BCUT2D eigenvalue weighted by atomic mass is 10.2. The Kier molecular flexibility index (Phi) is 5.65. The Morgan fingerprint density at radius 3 is 3.08 bits per heavy atom. The van der Waals surface area contributed by atoms with E-state index < -0.39 is 0 Å². The molecule has 130 valence electrons. The standard InChI is InChI=1S/C17H24N4O2S/c1-13-8-14(2)21(19-13)11-15-10-20(5-6-23-15)12-17(22)18-9-16-4-3-7-24-16/h3-4,7-8,15H,5-6,9-12H2,1-2H3,(H,18,22)/t15-/m0/s1. The molecule has 0 unspecified atom stereocenters. The predicted molar refractivity (Wildman–Crippen MR) is 94.0 cm³/mol. The number of aryl methyl sites for hydroxylation is 2. The molecule has 1 aliphatic rings. The monoisotopic (exact) mass is 348 g/mol. The van der Waals surface area contributed by atoms with Gasteiger partial charge in [0, 0.05) is 23.7 Å². The number of morpholine rings is 1. The molecular formula is C17H24N4O2S. The summed E-state index contributed by atoms with van der Waals surface area (Å²) in [5.41, 5.74) is 2.16. The van der Waals surface area contributed by atoms with Crippen molar-refractivity contribution in [2.75, 3.05) is 26.2 Å². The average Bonchev–Trinajstić information content (AvgIpc) is 3.16. The molecule has 3 rings (SSSR count). The van der Waals surface area contributed by atoms with Gasteiger partial charge in [0.25, 0.3) is 0 Å². The summed E-state index contributed by atoms with van der Waals surface area (Å²) >= 11 is 1.66. The zero-order chi connectivity index (χ0) is 16.9. The van der Waals surface area contributed by atoms with Crippen LogP contribution in [0.25, 0.3) is 0 Å². The summed E-state index contributed by atoms with van der Waals surface area (Å²) in [4.78, 5) is 15.5. The number of nitrogens with zero attached hydrogens (tertiary/aromatic N) is 3. The molecular weight excluding hydrogens is 324 g/mol. The third-order valence-electron chi connectivity index (χ3n) is 4.11. The fraction of sp³-hybridized carbons (Fsp3) is 0.529. The van der Waals surface area contributed by atoms with Crippen LogP contribution in [-0.2, 0) is 22.6 Å². The summed E-state index contributed by atoms with van der Waals surface area (Å²) in [6.45, 7) is 8.01. The number of hydrogen-bond acceptors (Lipinski definition) is 5. The number of amides is 1. The van der Waals surface area contributed by atoms with Crippen LogP contribution < -0.4 is 5.32 Å². The van der Waals surface area contributed by atoms with Crippen LogP contribution >= 0.6 is 11.3 Å². The van der Waals surface area contributed by atoms with Crippen molar-refractivity contribution < 1.29 is 9.53 Å². The molecule has 1 atom stereocenters. The Balaban J connectivity index is 1.46. The van der Waals surface area contributed by atoms with E-state index in [1.54, 1.807) is 11.3 Å². The van der Waals surface area contributed by atoms with Crippen molar-refractivity contribution in [2.24, 2.45) is 0 Å². The quantitative estimate of drug-likeness (QED) is 0.861. The van der Waals surface area contributed by atoms with Crippen LogP contribution in [0.3, 0.4) is 0 Å². The van der Waals surface area contributed by atoms with Crippen LogP contribution in [0.15, 0.2) is 23.6 Å². The molecule has 0 aliphatic carbocycles. The van der Waals surface area contributed by atoms with Gasteiger partial charge in [-0.05, 0) is 31.4 Å². The zero-order valence-corrected chi connectivity index (χ0v) is 15.0. The van der Waals surface area contributed by atoms with Gasteiger partial charge in [-0.3, -0.25) is 14.4 Å². The molecule has 1 N–H and O–H groups in total. The second-order valence-corrected chi connectivity index (χ2v) is 7.23. The molecule has 1 fully saturated rings. The smallest absolute Gasteiger partial charge is 0.234 e. The molecule has 2 aromatic rings. The van der Waals surface area contributed by atoms with Crippen molar-refractivity contribution in [3.63, 3.8) is 0 Å². The second-order valence-electron chi connectivity index (χ2n) is 6.19. The van der Waals surface area contributed by atoms with Crippen molar-refractivity contribution in [3.05, 3.63) is 39.8 Å². The molecule has 0 bridgehead atoms. The van der Waals surface area contributed by atoms with Gasteiger partial charge in [-0.25, -0.2) is 0 Å². The molecule has 1 aliphatic heterocycles. The van der Waals surface area contributed by atoms with Crippen LogP contribution in [0.5, 0.6) is 0 Å². The van der Waals surface area contributed by atoms with Gasteiger partial charge in [0.1, 0.15) is 0 Å². The lowest BCUT2D eigenvalue weighted by molar-refractivity contribution is -0.124. The Morgan fingerprint density at radius 2 is 2.38 bits per heavy atom. The molecule has 7 heteroatoms. The zero-order valence-electron chi connectivity index (χ0n) is 14.2. The van der Waals surface area contributed by atoms with Crippen molar-refractivity contribution in [1.82, 2.24) is 20.0 Å². The van der Waals surface area contributed by atoms with E-state index in [1.165, 1.54) is 4.88 Å². The summed E-state index contributed by atoms with van der Waals surface area (Å²) in [7, 11) is 0. The summed E-state index contributed by atoms with van der Waals surface area (Å²) < 4.78 is 7.83. The number of carbonyl (C=O) groups excluding carboxylic acids is 1. The van der Waals surface area contributed by atoms with E-state index in [1.807, 2.05) is 29.1 Å². The van der Waals surface area contributed by atoms with E-state index in [-0.39, 0.29) is 12.0 Å². The molecule has 2 aromatic heterocycles. The minimum Gasteiger partial charge on any atom is -0.374 e. The van der Waals surface area contributed by atoms with Gasteiger partial charge >= 0.3 is 0 Å². The Bertz CT molecular complexity index is 668.